The fraction of sp³-hybridized carbons (Fsp3) is 0.211. The third kappa shape index (κ3) is 2.80. The van der Waals surface area contributed by atoms with E-state index < -0.39 is 0 Å². The Morgan fingerprint density at radius 3 is 2.21 bits per heavy atom. The third-order valence-electron chi connectivity index (χ3n) is 4.20. The minimum atomic E-state index is -0.221. The maximum atomic E-state index is 12.8. The molecule has 5 heteroatoms. The molecule has 4 rings (SSSR count). The molecule has 1 aliphatic heterocycles. The van der Waals surface area contributed by atoms with Crippen molar-refractivity contribution in [2.45, 2.75) is 12.8 Å². The maximum Gasteiger partial charge on any atom is 0.278 e. The van der Waals surface area contributed by atoms with Gasteiger partial charge in [-0.2, -0.15) is 0 Å². The van der Waals surface area contributed by atoms with E-state index in [4.69, 9.17) is 4.98 Å². The largest absolute Gasteiger partial charge is 0.355 e. The highest BCUT2D eigenvalue weighted by Crippen LogP contribution is 2.25. The number of hydrogen-bond donors (Lipinski definition) is 1. The number of carbonyl (C=O) groups is 1. The zero-order chi connectivity index (χ0) is 16.4. The monoisotopic (exact) mass is 318 g/mol. The molecule has 1 fully saturated rings. The van der Waals surface area contributed by atoms with Gasteiger partial charge in [0, 0.05) is 18.8 Å². The Hall–Kier alpha value is -2.95. The zero-order valence-electron chi connectivity index (χ0n) is 13.3. The van der Waals surface area contributed by atoms with E-state index in [2.05, 4.69) is 15.2 Å². The fourth-order valence-corrected chi connectivity index (χ4v) is 3.00. The lowest BCUT2D eigenvalue weighted by Crippen LogP contribution is -2.25. The van der Waals surface area contributed by atoms with E-state index in [1.807, 2.05) is 54.6 Å². The lowest BCUT2D eigenvalue weighted by Gasteiger charge is -2.19. The van der Waals surface area contributed by atoms with Gasteiger partial charge >= 0.3 is 0 Å². The second kappa shape index (κ2) is 6.28. The standard InChI is InChI=1S/C19H18N4O/c24-19(20-14-8-2-1-3-9-14)17-18(23-12-6-7-13-23)22-16-11-5-4-10-15(16)21-17/h1-5,8-11H,6-7,12-13H2,(H,20,24). The molecule has 0 unspecified atom stereocenters. The molecule has 120 valence electrons. The first-order valence-corrected chi connectivity index (χ1v) is 8.19. The number of carbonyl (C=O) groups excluding carboxylic acids is 1. The van der Waals surface area contributed by atoms with E-state index in [1.54, 1.807) is 0 Å². The smallest absolute Gasteiger partial charge is 0.278 e. The van der Waals surface area contributed by atoms with Crippen LogP contribution in [0.2, 0.25) is 0 Å². The van der Waals surface area contributed by atoms with Crippen LogP contribution in [0.5, 0.6) is 0 Å². The van der Waals surface area contributed by atoms with Gasteiger partial charge in [-0.15, -0.1) is 0 Å². The highest BCUT2D eigenvalue weighted by atomic mass is 16.1. The summed E-state index contributed by atoms with van der Waals surface area (Å²) in [6, 6.07) is 17.1. The molecule has 5 nitrogen and oxygen atoms in total. The fourth-order valence-electron chi connectivity index (χ4n) is 3.00. The lowest BCUT2D eigenvalue weighted by atomic mass is 10.2. The van der Waals surface area contributed by atoms with Crippen LogP contribution in [0, 0.1) is 0 Å². The van der Waals surface area contributed by atoms with Crippen molar-refractivity contribution in [3.05, 3.63) is 60.3 Å². The van der Waals surface area contributed by atoms with E-state index in [9.17, 15) is 4.79 Å². The van der Waals surface area contributed by atoms with Crippen LogP contribution in [-0.4, -0.2) is 29.0 Å². The molecule has 2 aromatic carbocycles. The second-order valence-electron chi connectivity index (χ2n) is 5.90. The van der Waals surface area contributed by atoms with Crippen LogP contribution in [0.15, 0.2) is 54.6 Å². The molecule has 0 atom stereocenters. The average molecular weight is 318 g/mol. The molecule has 1 saturated heterocycles. The van der Waals surface area contributed by atoms with Gasteiger partial charge in [0.05, 0.1) is 11.0 Å². The summed E-state index contributed by atoms with van der Waals surface area (Å²) in [6.45, 7) is 1.83. The molecule has 1 aliphatic rings. The SMILES string of the molecule is O=C(Nc1ccccc1)c1nc2ccccc2nc1N1CCCC1. The molecular formula is C19H18N4O. The summed E-state index contributed by atoms with van der Waals surface area (Å²) in [5, 5.41) is 2.92. The molecule has 0 spiro atoms. The van der Waals surface area contributed by atoms with E-state index in [1.165, 1.54) is 0 Å². The third-order valence-corrected chi connectivity index (χ3v) is 4.20. The van der Waals surface area contributed by atoms with Gasteiger partial charge in [-0.25, -0.2) is 9.97 Å². The highest BCUT2D eigenvalue weighted by Gasteiger charge is 2.23. The summed E-state index contributed by atoms with van der Waals surface area (Å²) < 4.78 is 0. The summed E-state index contributed by atoms with van der Waals surface area (Å²) in [6.07, 6.45) is 2.24. The number of hydrogen-bond acceptors (Lipinski definition) is 4. The van der Waals surface area contributed by atoms with Crippen LogP contribution >= 0.6 is 0 Å². The summed E-state index contributed by atoms with van der Waals surface area (Å²) in [4.78, 5) is 24.3. The summed E-state index contributed by atoms with van der Waals surface area (Å²) in [5.41, 5.74) is 2.69. The molecule has 3 aromatic rings. The number of anilines is 2. The van der Waals surface area contributed by atoms with Crippen molar-refractivity contribution in [3.63, 3.8) is 0 Å². The Morgan fingerprint density at radius 2 is 1.50 bits per heavy atom. The van der Waals surface area contributed by atoms with E-state index in [0.29, 0.717) is 11.5 Å². The molecule has 1 N–H and O–H groups in total. The average Bonchev–Trinajstić information content (AvgIpc) is 3.16. The molecule has 0 radical (unpaired) electrons. The first-order chi connectivity index (χ1) is 11.8. The molecule has 1 aromatic heterocycles. The number of aromatic nitrogens is 2. The van der Waals surface area contributed by atoms with E-state index in [0.717, 1.165) is 42.7 Å². The van der Waals surface area contributed by atoms with Gasteiger partial charge in [-0.3, -0.25) is 4.79 Å². The molecule has 0 bridgehead atoms. The second-order valence-corrected chi connectivity index (χ2v) is 5.90. The number of nitrogens with zero attached hydrogens (tertiary/aromatic N) is 3. The first kappa shape index (κ1) is 14.6. The van der Waals surface area contributed by atoms with E-state index in [-0.39, 0.29) is 5.91 Å². The molecular weight excluding hydrogens is 300 g/mol. The highest BCUT2D eigenvalue weighted by molar-refractivity contribution is 6.07. The van der Waals surface area contributed by atoms with Crippen LogP contribution in [0.1, 0.15) is 23.3 Å². The maximum absolute atomic E-state index is 12.8. The minimum Gasteiger partial charge on any atom is -0.355 e. The van der Waals surface area contributed by atoms with Crippen molar-refractivity contribution < 1.29 is 4.79 Å². The Balaban J connectivity index is 1.76. The number of amides is 1. The predicted molar refractivity (Wildman–Crippen MR) is 95.4 cm³/mol. The quantitative estimate of drug-likeness (QED) is 0.803. The van der Waals surface area contributed by atoms with Crippen molar-refractivity contribution in [1.82, 2.24) is 9.97 Å². The van der Waals surface area contributed by atoms with Crippen molar-refractivity contribution in [2.75, 3.05) is 23.3 Å². The molecule has 2 heterocycles. The van der Waals surface area contributed by atoms with Crippen LogP contribution in [-0.2, 0) is 0 Å². The molecule has 24 heavy (non-hydrogen) atoms. The van der Waals surface area contributed by atoms with Gasteiger partial charge in [-0.05, 0) is 37.1 Å². The van der Waals surface area contributed by atoms with E-state index >= 15 is 0 Å². The van der Waals surface area contributed by atoms with Gasteiger partial charge in [0.15, 0.2) is 11.5 Å². The first-order valence-electron chi connectivity index (χ1n) is 8.19. The summed E-state index contributed by atoms with van der Waals surface area (Å²) >= 11 is 0. The number of para-hydroxylation sites is 3. The molecule has 1 amide bonds. The Morgan fingerprint density at radius 1 is 0.875 bits per heavy atom. The molecule has 0 saturated carbocycles. The number of nitrogens with one attached hydrogen (secondary N) is 1. The van der Waals surface area contributed by atoms with Gasteiger partial charge < -0.3 is 10.2 Å². The number of rotatable bonds is 3. The van der Waals surface area contributed by atoms with Crippen LogP contribution < -0.4 is 10.2 Å². The summed E-state index contributed by atoms with van der Waals surface area (Å²) in [7, 11) is 0. The van der Waals surface area contributed by atoms with Gasteiger partial charge in [0.25, 0.3) is 5.91 Å². The van der Waals surface area contributed by atoms with Gasteiger partial charge in [-0.1, -0.05) is 30.3 Å². The van der Waals surface area contributed by atoms with Crippen LogP contribution in [0.25, 0.3) is 11.0 Å². The van der Waals surface area contributed by atoms with Gasteiger partial charge in [0.1, 0.15) is 0 Å². The van der Waals surface area contributed by atoms with Gasteiger partial charge in [0.2, 0.25) is 0 Å². The van der Waals surface area contributed by atoms with Crippen molar-refractivity contribution in [3.8, 4) is 0 Å². The van der Waals surface area contributed by atoms with Crippen LogP contribution in [0.3, 0.4) is 0 Å². The predicted octanol–water partition coefficient (Wildman–Crippen LogP) is 3.48. The Kier molecular flexibility index (Phi) is 3.83. The van der Waals surface area contributed by atoms with Crippen molar-refractivity contribution in [1.29, 1.82) is 0 Å². The Bertz CT molecular complexity index is 873. The minimum absolute atomic E-state index is 0.221. The van der Waals surface area contributed by atoms with Crippen LogP contribution in [0.4, 0.5) is 11.5 Å². The number of benzene rings is 2. The normalized spacial score (nSPS) is 14.1. The lowest BCUT2D eigenvalue weighted by molar-refractivity contribution is 0.102. The number of fused-ring (bicyclic) bond motifs is 1. The zero-order valence-corrected chi connectivity index (χ0v) is 13.3. The summed E-state index contributed by atoms with van der Waals surface area (Å²) in [5.74, 6) is 0.459. The topological polar surface area (TPSA) is 58.1 Å². The van der Waals surface area contributed by atoms with Crippen molar-refractivity contribution in [2.24, 2.45) is 0 Å². The van der Waals surface area contributed by atoms with Crippen molar-refractivity contribution >= 4 is 28.4 Å². The molecule has 0 aliphatic carbocycles. The Labute approximate surface area is 140 Å².